The molecule has 0 heterocycles. The molecule has 0 unspecified atom stereocenters. The number of anilines is 1. The van der Waals surface area contributed by atoms with E-state index in [1.807, 2.05) is 0 Å². The summed E-state index contributed by atoms with van der Waals surface area (Å²) in [7, 11) is -1.92. The van der Waals surface area contributed by atoms with Gasteiger partial charge in [-0.05, 0) is 24.2 Å². The molecule has 122 valence electrons. The molecule has 0 bridgehead atoms. The molecule has 0 fully saturated rings. The average Bonchev–Trinajstić information content (AvgIpc) is 2.54. The molecule has 0 aliphatic carbocycles. The van der Waals surface area contributed by atoms with Crippen LogP contribution in [0.15, 0.2) is 48.5 Å². The third-order valence-corrected chi connectivity index (χ3v) is 4.61. The van der Waals surface area contributed by atoms with Gasteiger partial charge in [-0.2, -0.15) is 0 Å². The molecule has 2 aromatic carbocycles. The number of rotatable bonds is 7. The summed E-state index contributed by atoms with van der Waals surface area (Å²) in [5.74, 6) is -0.0820. The van der Waals surface area contributed by atoms with E-state index in [9.17, 15) is 18.5 Å². The molecule has 23 heavy (non-hydrogen) atoms. The van der Waals surface area contributed by atoms with Crippen LogP contribution in [0.4, 0.5) is 11.4 Å². The molecule has 0 radical (unpaired) electrons. The van der Waals surface area contributed by atoms with Crippen LogP contribution in [-0.2, 0) is 22.3 Å². The van der Waals surface area contributed by atoms with Gasteiger partial charge in [0.05, 0.1) is 10.7 Å². The summed E-state index contributed by atoms with van der Waals surface area (Å²) >= 11 is 0. The first kappa shape index (κ1) is 16.9. The van der Waals surface area contributed by atoms with E-state index in [1.165, 1.54) is 13.1 Å². The Hall–Kier alpha value is -2.45. The second-order valence-corrected chi connectivity index (χ2v) is 6.83. The van der Waals surface area contributed by atoms with Crippen molar-refractivity contribution < 1.29 is 13.3 Å². The minimum Gasteiger partial charge on any atom is -0.375 e. The molecular formula is C15H17N3O4S. The molecule has 0 aliphatic rings. The van der Waals surface area contributed by atoms with Crippen molar-refractivity contribution in [3.05, 3.63) is 69.8 Å². The van der Waals surface area contributed by atoms with Gasteiger partial charge in [0.2, 0.25) is 10.0 Å². The fraction of sp³-hybridized carbons (Fsp3) is 0.200. The lowest BCUT2D eigenvalue weighted by Crippen LogP contribution is -2.20. The maximum absolute atomic E-state index is 11.5. The summed E-state index contributed by atoms with van der Waals surface area (Å²) in [6.45, 7) is 0.407. The predicted molar refractivity (Wildman–Crippen MR) is 88.5 cm³/mol. The molecular weight excluding hydrogens is 318 g/mol. The van der Waals surface area contributed by atoms with Gasteiger partial charge in [0.15, 0.2) is 0 Å². The van der Waals surface area contributed by atoms with E-state index in [-0.39, 0.29) is 11.4 Å². The van der Waals surface area contributed by atoms with Crippen molar-refractivity contribution in [2.24, 2.45) is 0 Å². The van der Waals surface area contributed by atoms with Crippen LogP contribution in [0.1, 0.15) is 11.1 Å². The molecule has 0 saturated carbocycles. The van der Waals surface area contributed by atoms with E-state index in [0.717, 1.165) is 5.56 Å². The monoisotopic (exact) mass is 335 g/mol. The molecule has 0 atom stereocenters. The van der Waals surface area contributed by atoms with Crippen molar-refractivity contribution in [3.63, 3.8) is 0 Å². The van der Waals surface area contributed by atoms with Crippen LogP contribution in [0.25, 0.3) is 0 Å². The Bertz CT molecular complexity index is 789. The summed E-state index contributed by atoms with van der Waals surface area (Å²) in [4.78, 5) is 10.5. The topological polar surface area (TPSA) is 101 Å². The number of nitro groups is 1. The zero-order valence-electron chi connectivity index (χ0n) is 12.5. The highest BCUT2D eigenvalue weighted by molar-refractivity contribution is 7.88. The Labute approximate surface area is 134 Å². The molecule has 0 saturated heterocycles. The number of hydrogen-bond acceptors (Lipinski definition) is 5. The normalized spacial score (nSPS) is 11.2. The van der Waals surface area contributed by atoms with Crippen molar-refractivity contribution in [3.8, 4) is 0 Å². The molecule has 0 aromatic heterocycles. The first-order chi connectivity index (χ1) is 10.9. The number of nitrogens with one attached hydrogen (secondary N) is 2. The summed E-state index contributed by atoms with van der Waals surface area (Å²) in [5.41, 5.74) is 2.03. The third kappa shape index (κ3) is 4.76. The van der Waals surface area contributed by atoms with Gasteiger partial charge >= 0.3 is 0 Å². The zero-order chi connectivity index (χ0) is 16.9. The van der Waals surface area contributed by atoms with Gasteiger partial charge < -0.3 is 5.32 Å². The van der Waals surface area contributed by atoms with Crippen LogP contribution in [0.2, 0.25) is 0 Å². The van der Waals surface area contributed by atoms with Crippen molar-refractivity contribution in [2.45, 2.75) is 12.3 Å². The minimum atomic E-state index is -3.30. The second-order valence-electron chi connectivity index (χ2n) is 4.91. The van der Waals surface area contributed by atoms with Gasteiger partial charge in [-0.1, -0.05) is 36.4 Å². The number of benzene rings is 2. The summed E-state index contributed by atoms with van der Waals surface area (Å²) < 4.78 is 25.2. The smallest absolute Gasteiger partial charge is 0.292 e. The maximum Gasteiger partial charge on any atom is 0.292 e. The maximum atomic E-state index is 11.5. The van der Waals surface area contributed by atoms with E-state index >= 15 is 0 Å². The molecule has 7 nitrogen and oxygen atoms in total. The van der Waals surface area contributed by atoms with E-state index in [1.54, 1.807) is 42.5 Å². The van der Waals surface area contributed by atoms with Gasteiger partial charge in [0, 0.05) is 12.6 Å². The van der Waals surface area contributed by atoms with Crippen molar-refractivity contribution in [2.75, 3.05) is 12.4 Å². The third-order valence-electron chi connectivity index (χ3n) is 3.27. The van der Waals surface area contributed by atoms with Gasteiger partial charge in [-0.25, -0.2) is 13.1 Å². The predicted octanol–water partition coefficient (Wildman–Crippen LogP) is 2.26. The van der Waals surface area contributed by atoms with Crippen molar-refractivity contribution >= 4 is 21.4 Å². The lowest BCUT2D eigenvalue weighted by molar-refractivity contribution is -0.384. The second kappa shape index (κ2) is 7.21. The van der Waals surface area contributed by atoms with E-state index in [0.29, 0.717) is 17.8 Å². The average molecular weight is 335 g/mol. The number of hydrogen-bond donors (Lipinski definition) is 2. The number of nitro benzene ring substituents is 1. The summed E-state index contributed by atoms with van der Waals surface area (Å²) in [6, 6.07) is 13.5. The largest absolute Gasteiger partial charge is 0.375 e. The molecule has 0 aliphatic heterocycles. The summed E-state index contributed by atoms with van der Waals surface area (Å²) in [6.07, 6.45) is 0. The quantitative estimate of drug-likeness (QED) is 0.597. The minimum absolute atomic E-state index is 0.0178. The highest BCUT2D eigenvalue weighted by Crippen LogP contribution is 2.23. The molecule has 2 rings (SSSR count). The standard InChI is InChI=1S/C15H17N3O4S/c1-16-23(21,22)11-13-8-6-12(7-9-13)10-17-14-4-2-3-5-15(14)18(19)20/h2-9,16-17H,10-11H2,1H3. The van der Waals surface area contributed by atoms with Gasteiger partial charge in [0.25, 0.3) is 5.69 Å². The Morgan fingerprint density at radius 3 is 2.26 bits per heavy atom. The number of para-hydroxylation sites is 2. The molecule has 2 N–H and O–H groups in total. The van der Waals surface area contributed by atoms with Crippen LogP contribution in [0, 0.1) is 10.1 Å². The van der Waals surface area contributed by atoms with Gasteiger partial charge in [-0.3, -0.25) is 10.1 Å². The molecule has 2 aromatic rings. The van der Waals surface area contributed by atoms with E-state index < -0.39 is 14.9 Å². The van der Waals surface area contributed by atoms with Crippen LogP contribution in [0.5, 0.6) is 0 Å². The fourth-order valence-corrected chi connectivity index (χ4v) is 2.80. The Balaban J connectivity index is 2.04. The van der Waals surface area contributed by atoms with Crippen LogP contribution in [-0.4, -0.2) is 20.4 Å². The first-order valence-corrected chi connectivity index (χ1v) is 8.53. The molecule has 8 heteroatoms. The molecule has 0 spiro atoms. The fourth-order valence-electron chi connectivity index (χ4n) is 2.02. The van der Waals surface area contributed by atoms with E-state index in [2.05, 4.69) is 10.0 Å². The zero-order valence-corrected chi connectivity index (χ0v) is 13.3. The summed E-state index contributed by atoms with van der Waals surface area (Å²) in [5, 5.41) is 14.0. The Morgan fingerprint density at radius 2 is 1.65 bits per heavy atom. The van der Waals surface area contributed by atoms with E-state index in [4.69, 9.17) is 0 Å². The number of sulfonamides is 1. The Morgan fingerprint density at radius 1 is 1.04 bits per heavy atom. The van der Waals surface area contributed by atoms with Gasteiger partial charge in [0.1, 0.15) is 5.69 Å². The van der Waals surface area contributed by atoms with Crippen molar-refractivity contribution in [1.82, 2.24) is 4.72 Å². The van der Waals surface area contributed by atoms with Crippen LogP contribution in [0.3, 0.4) is 0 Å². The highest BCUT2D eigenvalue weighted by atomic mass is 32.2. The first-order valence-electron chi connectivity index (χ1n) is 6.87. The van der Waals surface area contributed by atoms with Crippen LogP contribution < -0.4 is 10.0 Å². The SMILES string of the molecule is CNS(=O)(=O)Cc1ccc(CNc2ccccc2[N+](=O)[O-])cc1. The lowest BCUT2D eigenvalue weighted by Gasteiger charge is -2.08. The van der Waals surface area contributed by atoms with Crippen molar-refractivity contribution in [1.29, 1.82) is 0 Å². The highest BCUT2D eigenvalue weighted by Gasteiger charge is 2.12. The van der Waals surface area contributed by atoms with Crippen LogP contribution >= 0.6 is 0 Å². The molecule has 0 amide bonds. The Kier molecular flexibility index (Phi) is 5.30. The van der Waals surface area contributed by atoms with Gasteiger partial charge in [-0.15, -0.1) is 0 Å². The number of nitrogens with zero attached hydrogens (tertiary/aromatic N) is 1. The lowest BCUT2D eigenvalue weighted by atomic mass is 10.1.